The van der Waals surface area contributed by atoms with Gasteiger partial charge in [0.2, 0.25) is 0 Å². The van der Waals surface area contributed by atoms with Crippen LogP contribution in [0, 0.1) is 0 Å². The quantitative estimate of drug-likeness (QED) is 0.214. The Kier molecular flexibility index (Phi) is 11.1. The van der Waals surface area contributed by atoms with Gasteiger partial charge in [-0.2, -0.15) is 0 Å². The normalized spacial score (nSPS) is 20.7. The van der Waals surface area contributed by atoms with Crippen LogP contribution in [0.15, 0.2) is 22.8 Å². The maximum Gasteiger partial charge on any atom is 0.0467 e. The standard InChI is InChI=1S/C24H46Si/c1-7-10-12-14-15-17-19-23-22(18-16-13-11-8-2)21(9-3)20-24(23,4)25(5)6/h20,25H,7-19H2,1-6H3. The highest BCUT2D eigenvalue weighted by Crippen LogP contribution is 2.53. The fraction of sp³-hybridized carbons (Fsp3) is 0.833. The first-order valence-electron chi connectivity index (χ1n) is 11.5. The monoisotopic (exact) mass is 362 g/mol. The molecule has 0 N–H and O–H groups in total. The third kappa shape index (κ3) is 6.74. The Balaban J connectivity index is 2.78. The molecule has 0 fully saturated rings. The molecule has 0 saturated carbocycles. The van der Waals surface area contributed by atoms with Crippen LogP contribution in [-0.2, 0) is 0 Å². The molecule has 1 atom stereocenters. The van der Waals surface area contributed by atoms with E-state index < -0.39 is 8.80 Å². The van der Waals surface area contributed by atoms with Crippen LogP contribution in [-0.4, -0.2) is 8.80 Å². The van der Waals surface area contributed by atoms with Crippen molar-refractivity contribution in [1.29, 1.82) is 0 Å². The first-order valence-corrected chi connectivity index (χ1v) is 14.3. The summed E-state index contributed by atoms with van der Waals surface area (Å²) >= 11 is 0. The Morgan fingerprint density at radius 3 is 1.84 bits per heavy atom. The summed E-state index contributed by atoms with van der Waals surface area (Å²) in [4.78, 5) is 0. The van der Waals surface area contributed by atoms with E-state index in [1.807, 2.05) is 5.57 Å². The van der Waals surface area contributed by atoms with Gasteiger partial charge in [-0.25, -0.2) is 0 Å². The number of hydrogen-bond donors (Lipinski definition) is 0. The second kappa shape index (κ2) is 12.2. The molecule has 0 heterocycles. The van der Waals surface area contributed by atoms with Crippen molar-refractivity contribution >= 4 is 8.80 Å². The van der Waals surface area contributed by atoms with Crippen LogP contribution in [0.5, 0.6) is 0 Å². The fourth-order valence-corrected chi connectivity index (χ4v) is 5.98. The molecule has 1 unspecified atom stereocenters. The zero-order chi connectivity index (χ0) is 18.7. The number of rotatable bonds is 14. The molecule has 0 spiro atoms. The molecule has 1 aliphatic carbocycles. The average Bonchev–Trinajstić information content (AvgIpc) is 2.88. The predicted molar refractivity (Wildman–Crippen MR) is 119 cm³/mol. The predicted octanol–water partition coefficient (Wildman–Crippen LogP) is 8.60. The van der Waals surface area contributed by atoms with E-state index in [1.165, 1.54) is 83.5 Å². The molecular formula is C24H46Si. The molecule has 0 aromatic heterocycles. The van der Waals surface area contributed by atoms with Crippen molar-refractivity contribution in [2.75, 3.05) is 0 Å². The summed E-state index contributed by atoms with van der Waals surface area (Å²) in [6, 6.07) is 0. The second-order valence-corrected chi connectivity index (χ2v) is 12.3. The van der Waals surface area contributed by atoms with Crippen molar-refractivity contribution in [1.82, 2.24) is 0 Å². The third-order valence-electron chi connectivity index (χ3n) is 6.52. The minimum atomic E-state index is -0.738. The van der Waals surface area contributed by atoms with Gasteiger partial charge in [0, 0.05) is 8.80 Å². The van der Waals surface area contributed by atoms with E-state index in [4.69, 9.17) is 0 Å². The van der Waals surface area contributed by atoms with Gasteiger partial charge in [-0.1, -0.05) is 104 Å². The van der Waals surface area contributed by atoms with Gasteiger partial charge in [0.1, 0.15) is 0 Å². The van der Waals surface area contributed by atoms with Crippen molar-refractivity contribution in [3.8, 4) is 0 Å². The Labute approximate surface area is 161 Å². The van der Waals surface area contributed by atoms with Crippen LogP contribution >= 0.6 is 0 Å². The van der Waals surface area contributed by atoms with E-state index in [1.54, 1.807) is 11.1 Å². The van der Waals surface area contributed by atoms with Gasteiger partial charge in [0.05, 0.1) is 0 Å². The lowest BCUT2D eigenvalue weighted by atomic mass is 9.91. The molecule has 0 aromatic carbocycles. The lowest BCUT2D eigenvalue weighted by molar-refractivity contribution is 0.595. The van der Waals surface area contributed by atoms with Crippen molar-refractivity contribution in [3.63, 3.8) is 0 Å². The zero-order valence-corrected chi connectivity index (χ0v) is 19.5. The molecule has 1 aliphatic rings. The molecule has 146 valence electrons. The van der Waals surface area contributed by atoms with Gasteiger partial charge in [0.25, 0.3) is 0 Å². The van der Waals surface area contributed by atoms with E-state index in [2.05, 4.69) is 46.9 Å². The lowest BCUT2D eigenvalue weighted by Crippen LogP contribution is -2.23. The SMILES string of the molecule is CCCCCCCCC1=C(CCCCCC)C(CC)=CC1(C)[SiH](C)C. The van der Waals surface area contributed by atoms with Crippen molar-refractivity contribution in [2.24, 2.45) is 0 Å². The minimum Gasteiger partial charge on any atom is -0.0742 e. The molecule has 0 radical (unpaired) electrons. The fourth-order valence-electron chi connectivity index (χ4n) is 4.43. The van der Waals surface area contributed by atoms with Crippen LogP contribution < -0.4 is 0 Å². The average molecular weight is 363 g/mol. The van der Waals surface area contributed by atoms with E-state index in [0.717, 1.165) is 0 Å². The summed E-state index contributed by atoms with van der Waals surface area (Å²) in [5.74, 6) is 0. The number of allylic oxidation sites excluding steroid dienone is 4. The summed E-state index contributed by atoms with van der Waals surface area (Å²) in [5, 5.41) is 0.453. The number of unbranched alkanes of at least 4 members (excludes halogenated alkanes) is 8. The molecule has 0 amide bonds. The van der Waals surface area contributed by atoms with Gasteiger partial charge in [-0.15, -0.1) is 0 Å². The maximum atomic E-state index is 2.71. The molecular weight excluding hydrogens is 316 g/mol. The van der Waals surface area contributed by atoms with Gasteiger partial charge < -0.3 is 0 Å². The molecule has 0 bridgehead atoms. The van der Waals surface area contributed by atoms with E-state index in [0.29, 0.717) is 5.04 Å². The van der Waals surface area contributed by atoms with Gasteiger partial charge >= 0.3 is 0 Å². The molecule has 0 aliphatic heterocycles. The van der Waals surface area contributed by atoms with E-state index >= 15 is 0 Å². The van der Waals surface area contributed by atoms with Crippen LogP contribution in [0.25, 0.3) is 0 Å². The van der Waals surface area contributed by atoms with Gasteiger partial charge in [-0.3, -0.25) is 0 Å². The lowest BCUT2D eigenvalue weighted by Gasteiger charge is -2.31. The Hall–Kier alpha value is -0.303. The molecule has 0 aromatic rings. The van der Waals surface area contributed by atoms with Gasteiger partial charge in [-0.05, 0) is 48.3 Å². The van der Waals surface area contributed by atoms with Crippen LogP contribution in [0.4, 0.5) is 0 Å². The molecule has 0 nitrogen and oxygen atoms in total. The van der Waals surface area contributed by atoms with E-state index in [-0.39, 0.29) is 0 Å². The first-order chi connectivity index (χ1) is 12.0. The van der Waals surface area contributed by atoms with Crippen LogP contribution in [0.2, 0.25) is 18.1 Å². The Bertz CT molecular complexity index is 429. The summed E-state index contributed by atoms with van der Waals surface area (Å²) in [5.41, 5.74) is 5.38. The zero-order valence-electron chi connectivity index (χ0n) is 18.3. The molecule has 0 saturated heterocycles. The highest BCUT2D eigenvalue weighted by molar-refractivity contribution is 6.61. The van der Waals surface area contributed by atoms with Crippen LogP contribution in [0.3, 0.4) is 0 Å². The first kappa shape index (κ1) is 22.7. The summed E-state index contributed by atoms with van der Waals surface area (Å²) in [7, 11) is -0.738. The van der Waals surface area contributed by atoms with Crippen molar-refractivity contribution < 1.29 is 0 Å². The largest absolute Gasteiger partial charge is 0.0742 e. The minimum absolute atomic E-state index is 0.453. The van der Waals surface area contributed by atoms with Crippen molar-refractivity contribution in [2.45, 2.75) is 129 Å². The molecule has 1 heteroatoms. The molecule has 1 rings (SSSR count). The second-order valence-electron chi connectivity index (χ2n) is 8.75. The summed E-state index contributed by atoms with van der Waals surface area (Å²) in [6.07, 6.45) is 20.7. The van der Waals surface area contributed by atoms with Crippen molar-refractivity contribution in [3.05, 3.63) is 22.8 Å². The third-order valence-corrected chi connectivity index (χ3v) is 9.43. The van der Waals surface area contributed by atoms with Crippen LogP contribution in [0.1, 0.15) is 111 Å². The smallest absolute Gasteiger partial charge is 0.0467 e. The Morgan fingerprint density at radius 2 is 1.28 bits per heavy atom. The highest BCUT2D eigenvalue weighted by Gasteiger charge is 2.37. The summed E-state index contributed by atoms with van der Waals surface area (Å²) < 4.78 is 0. The maximum absolute atomic E-state index is 2.71. The number of hydrogen-bond acceptors (Lipinski definition) is 0. The topological polar surface area (TPSA) is 0 Å². The van der Waals surface area contributed by atoms with E-state index in [9.17, 15) is 0 Å². The molecule has 25 heavy (non-hydrogen) atoms. The summed E-state index contributed by atoms with van der Waals surface area (Å²) in [6.45, 7) is 14.7. The Morgan fingerprint density at radius 1 is 0.760 bits per heavy atom. The highest BCUT2D eigenvalue weighted by atomic mass is 28.3. The van der Waals surface area contributed by atoms with Gasteiger partial charge in [0.15, 0.2) is 0 Å².